The summed E-state index contributed by atoms with van der Waals surface area (Å²) in [5.41, 5.74) is 2.27. The van der Waals surface area contributed by atoms with Crippen LogP contribution in [-0.2, 0) is 0 Å². The highest BCUT2D eigenvalue weighted by molar-refractivity contribution is 5.38. The Balaban J connectivity index is 2.92. The maximum absolute atomic E-state index is 14.7. The SMILES string of the molecule is C/C=C\C(CCC1=C(F)CCC=C1C(CCC)CCC)C(C)/C=C/O. The first-order valence-electron chi connectivity index (χ1n) is 10.1. The second kappa shape index (κ2) is 12.1. The number of aliphatic hydroxyl groups excluding tert-OH is 1. The third-order valence-corrected chi connectivity index (χ3v) is 5.35. The third-order valence-electron chi connectivity index (χ3n) is 5.35. The first-order chi connectivity index (χ1) is 12.1. The van der Waals surface area contributed by atoms with Gasteiger partial charge in [-0.25, -0.2) is 4.39 Å². The summed E-state index contributed by atoms with van der Waals surface area (Å²) in [5.74, 6) is 1.20. The standard InChI is InChI=1S/C23H37FO/c1-5-9-19(18(4)16-17-25)14-15-22-21(12-8-13-23(22)24)20(10-6-2)11-7-3/h5,9,12,16-20,25H,6-8,10-11,13-15H2,1-4H3/b9-5-,17-16+. The average Bonchev–Trinajstić information content (AvgIpc) is 2.59. The quantitative estimate of drug-likeness (QED) is 0.298. The van der Waals surface area contributed by atoms with E-state index in [0.29, 0.717) is 18.3 Å². The molecule has 1 rings (SSSR count). The molecule has 2 atom stereocenters. The highest BCUT2D eigenvalue weighted by Gasteiger charge is 2.24. The van der Waals surface area contributed by atoms with Gasteiger partial charge in [0.2, 0.25) is 0 Å². The minimum atomic E-state index is 0.110. The Bertz CT molecular complexity index is 492. The van der Waals surface area contributed by atoms with Gasteiger partial charge in [-0.2, -0.15) is 0 Å². The molecule has 0 fully saturated rings. The topological polar surface area (TPSA) is 20.2 Å². The van der Waals surface area contributed by atoms with E-state index in [1.54, 1.807) is 0 Å². The van der Waals surface area contributed by atoms with Gasteiger partial charge in [0.05, 0.1) is 6.26 Å². The van der Waals surface area contributed by atoms with Crippen molar-refractivity contribution >= 4 is 0 Å². The van der Waals surface area contributed by atoms with Crippen molar-refractivity contribution in [2.24, 2.45) is 17.8 Å². The maximum atomic E-state index is 14.7. The fourth-order valence-electron chi connectivity index (χ4n) is 4.00. The second-order valence-electron chi connectivity index (χ2n) is 7.28. The highest BCUT2D eigenvalue weighted by Crippen LogP contribution is 2.38. The van der Waals surface area contributed by atoms with Gasteiger partial charge >= 0.3 is 0 Å². The van der Waals surface area contributed by atoms with Crippen LogP contribution < -0.4 is 0 Å². The molecule has 142 valence electrons. The number of hydrogen-bond acceptors (Lipinski definition) is 1. The highest BCUT2D eigenvalue weighted by atomic mass is 19.1. The van der Waals surface area contributed by atoms with Crippen LogP contribution in [0.4, 0.5) is 4.39 Å². The van der Waals surface area contributed by atoms with Crippen molar-refractivity contribution in [2.75, 3.05) is 0 Å². The fraction of sp³-hybridized carbons (Fsp3) is 0.652. The van der Waals surface area contributed by atoms with Gasteiger partial charge in [0.15, 0.2) is 0 Å². The van der Waals surface area contributed by atoms with Crippen molar-refractivity contribution in [1.29, 1.82) is 0 Å². The fourth-order valence-corrected chi connectivity index (χ4v) is 4.00. The van der Waals surface area contributed by atoms with Gasteiger partial charge in [-0.15, -0.1) is 0 Å². The van der Waals surface area contributed by atoms with Crippen LogP contribution in [-0.4, -0.2) is 5.11 Å². The lowest BCUT2D eigenvalue weighted by atomic mass is 9.78. The van der Waals surface area contributed by atoms with Crippen molar-refractivity contribution in [3.05, 3.63) is 47.5 Å². The lowest BCUT2D eigenvalue weighted by Gasteiger charge is -2.27. The number of halogens is 1. The van der Waals surface area contributed by atoms with Gasteiger partial charge in [0.25, 0.3) is 0 Å². The molecule has 0 spiro atoms. The zero-order valence-electron chi connectivity index (χ0n) is 16.6. The molecule has 0 saturated carbocycles. The van der Waals surface area contributed by atoms with Crippen molar-refractivity contribution in [1.82, 2.24) is 0 Å². The summed E-state index contributed by atoms with van der Waals surface area (Å²) in [6.07, 6.45) is 17.2. The molecular formula is C23H37FO. The van der Waals surface area contributed by atoms with E-state index in [4.69, 9.17) is 5.11 Å². The molecule has 1 nitrogen and oxygen atoms in total. The minimum Gasteiger partial charge on any atom is -0.516 e. The Morgan fingerprint density at radius 2 is 1.84 bits per heavy atom. The molecule has 0 saturated heterocycles. The van der Waals surface area contributed by atoms with Crippen LogP contribution >= 0.6 is 0 Å². The monoisotopic (exact) mass is 348 g/mol. The molecule has 0 aromatic heterocycles. The van der Waals surface area contributed by atoms with E-state index in [9.17, 15) is 4.39 Å². The van der Waals surface area contributed by atoms with Crippen LogP contribution in [0.3, 0.4) is 0 Å². The summed E-state index contributed by atoms with van der Waals surface area (Å²) in [4.78, 5) is 0. The van der Waals surface area contributed by atoms with E-state index >= 15 is 0 Å². The van der Waals surface area contributed by atoms with Gasteiger partial charge in [0.1, 0.15) is 5.83 Å². The van der Waals surface area contributed by atoms with Gasteiger partial charge < -0.3 is 5.11 Å². The summed E-state index contributed by atoms with van der Waals surface area (Å²) in [6, 6.07) is 0. The summed E-state index contributed by atoms with van der Waals surface area (Å²) < 4.78 is 14.7. The molecule has 2 heteroatoms. The molecule has 1 aliphatic carbocycles. The predicted molar refractivity (Wildman–Crippen MR) is 107 cm³/mol. The van der Waals surface area contributed by atoms with Crippen LogP contribution in [0.5, 0.6) is 0 Å². The average molecular weight is 349 g/mol. The lowest BCUT2D eigenvalue weighted by molar-refractivity contribution is 0.430. The maximum Gasteiger partial charge on any atom is 0.104 e. The largest absolute Gasteiger partial charge is 0.516 e. The summed E-state index contributed by atoms with van der Waals surface area (Å²) in [7, 11) is 0. The molecule has 0 bridgehead atoms. The smallest absolute Gasteiger partial charge is 0.104 e. The van der Waals surface area contributed by atoms with Crippen molar-refractivity contribution in [2.45, 2.75) is 79.1 Å². The molecule has 0 amide bonds. The first-order valence-corrected chi connectivity index (χ1v) is 10.1. The summed E-state index contributed by atoms with van der Waals surface area (Å²) in [5, 5.41) is 9.06. The van der Waals surface area contributed by atoms with E-state index in [1.807, 2.05) is 13.0 Å². The van der Waals surface area contributed by atoms with Crippen LogP contribution in [0.1, 0.15) is 79.1 Å². The Hall–Kier alpha value is -1.31. The Kier molecular flexibility index (Phi) is 10.5. The molecule has 25 heavy (non-hydrogen) atoms. The van der Waals surface area contributed by atoms with E-state index < -0.39 is 0 Å². The molecule has 1 aliphatic rings. The van der Waals surface area contributed by atoms with E-state index in [1.165, 1.54) is 5.57 Å². The Morgan fingerprint density at radius 1 is 1.16 bits per heavy atom. The zero-order chi connectivity index (χ0) is 18.7. The molecule has 1 N–H and O–H groups in total. The van der Waals surface area contributed by atoms with Crippen molar-refractivity contribution in [3.63, 3.8) is 0 Å². The number of rotatable bonds is 11. The van der Waals surface area contributed by atoms with E-state index in [-0.39, 0.29) is 11.7 Å². The van der Waals surface area contributed by atoms with Gasteiger partial charge in [-0.1, -0.05) is 51.8 Å². The zero-order valence-corrected chi connectivity index (χ0v) is 16.6. The molecule has 0 heterocycles. The molecule has 2 unspecified atom stereocenters. The normalized spacial score (nSPS) is 18.4. The predicted octanol–water partition coefficient (Wildman–Crippen LogP) is 7.83. The molecule has 0 aromatic rings. The molecule has 0 aliphatic heterocycles. The Morgan fingerprint density at radius 3 is 2.40 bits per heavy atom. The first kappa shape index (κ1) is 21.7. The molecule has 0 aromatic carbocycles. The third kappa shape index (κ3) is 6.84. The van der Waals surface area contributed by atoms with Crippen molar-refractivity contribution in [3.8, 4) is 0 Å². The van der Waals surface area contributed by atoms with Crippen molar-refractivity contribution < 1.29 is 9.50 Å². The van der Waals surface area contributed by atoms with Crippen LogP contribution in [0.25, 0.3) is 0 Å². The molecular weight excluding hydrogens is 311 g/mol. The minimum absolute atomic E-state index is 0.110. The van der Waals surface area contributed by atoms with E-state index in [0.717, 1.165) is 56.8 Å². The number of hydrogen-bond donors (Lipinski definition) is 1. The van der Waals surface area contributed by atoms with Crippen LogP contribution in [0, 0.1) is 17.8 Å². The Labute approximate surface area is 154 Å². The van der Waals surface area contributed by atoms with Crippen LogP contribution in [0.15, 0.2) is 47.5 Å². The molecule has 0 radical (unpaired) electrons. The van der Waals surface area contributed by atoms with E-state index in [2.05, 4.69) is 39.0 Å². The second-order valence-corrected chi connectivity index (χ2v) is 7.28. The lowest BCUT2D eigenvalue weighted by Crippen LogP contribution is -2.13. The van der Waals surface area contributed by atoms with Gasteiger partial charge in [0, 0.05) is 6.42 Å². The van der Waals surface area contributed by atoms with Gasteiger partial charge in [-0.3, -0.25) is 0 Å². The van der Waals surface area contributed by atoms with Gasteiger partial charge in [-0.05, 0) is 74.0 Å². The summed E-state index contributed by atoms with van der Waals surface area (Å²) in [6.45, 7) is 8.57. The summed E-state index contributed by atoms with van der Waals surface area (Å²) >= 11 is 0. The number of aliphatic hydroxyl groups is 1. The number of allylic oxidation sites excluding steroid dienone is 7. The van der Waals surface area contributed by atoms with Crippen LogP contribution in [0.2, 0.25) is 0 Å².